The molecular weight excluding hydrogens is 513 g/mol. The fourth-order valence-corrected chi connectivity index (χ4v) is 7.65. The summed E-state index contributed by atoms with van der Waals surface area (Å²) in [5, 5.41) is 41.8. The van der Waals surface area contributed by atoms with Gasteiger partial charge in [-0.15, -0.1) is 0 Å². The third-order valence-corrected chi connectivity index (χ3v) is 9.19. The van der Waals surface area contributed by atoms with Crippen LogP contribution >= 0.6 is 0 Å². The fraction of sp³-hybridized carbons (Fsp3) is 0.0556. The van der Waals surface area contributed by atoms with Crippen molar-refractivity contribution in [3.05, 3.63) is 130 Å². The zero-order chi connectivity index (χ0) is 28.7. The van der Waals surface area contributed by atoms with Gasteiger partial charge in [0.05, 0.1) is 45.4 Å². The Hall–Kier alpha value is -6.08. The highest BCUT2D eigenvalue weighted by molar-refractivity contribution is 6.86. The van der Waals surface area contributed by atoms with Gasteiger partial charge >= 0.3 is 6.85 Å². The van der Waals surface area contributed by atoms with Crippen molar-refractivity contribution < 1.29 is 0 Å². The van der Waals surface area contributed by atoms with Crippen LogP contribution in [0.5, 0.6) is 0 Å². The number of nitriles is 4. The molecule has 190 valence electrons. The van der Waals surface area contributed by atoms with Crippen LogP contribution in [-0.4, -0.2) is 11.3 Å². The normalized spacial score (nSPS) is 15.7. The molecule has 0 radical (unpaired) electrons. The van der Waals surface area contributed by atoms with Gasteiger partial charge in [0.1, 0.15) is 12.1 Å². The lowest BCUT2D eigenvalue weighted by molar-refractivity contribution is 0.718. The molecule has 5 aromatic carbocycles. The lowest BCUT2D eigenvalue weighted by atomic mass is 9.41. The molecule has 0 N–H and O–H groups in total. The molecule has 0 saturated carbocycles. The molecule has 6 aromatic rings. The molecule has 42 heavy (non-hydrogen) atoms. The number of nitrogens with zero attached hydrogens (tertiary/aromatic N) is 5. The van der Waals surface area contributed by atoms with Crippen LogP contribution in [0.1, 0.15) is 45.9 Å². The van der Waals surface area contributed by atoms with Crippen LogP contribution in [0.25, 0.3) is 32.9 Å². The molecule has 2 aliphatic rings. The summed E-state index contributed by atoms with van der Waals surface area (Å²) in [6.07, 6.45) is 0. The highest BCUT2D eigenvalue weighted by atomic mass is 14.9. The van der Waals surface area contributed by atoms with E-state index in [2.05, 4.69) is 96.3 Å². The fourth-order valence-electron chi connectivity index (χ4n) is 7.65. The van der Waals surface area contributed by atoms with Crippen LogP contribution in [-0.2, 0) is 5.41 Å². The van der Waals surface area contributed by atoms with Crippen LogP contribution < -0.4 is 10.9 Å². The molecule has 0 saturated heterocycles. The second-order valence-corrected chi connectivity index (χ2v) is 11.1. The van der Waals surface area contributed by atoms with Gasteiger partial charge in [-0.1, -0.05) is 66.7 Å². The molecular formula is C36H18BN5. The quantitative estimate of drug-likeness (QED) is 0.259. The maximum atomic E-state index is 10.4. The summed E-state index contributed by atoms with van der Waals surface area (Å²) in [6.45, 7) is 1.93. The van der Waals surface area contributed by atoms with Crippen LogP contribution in [0.4, 0.5) is 0 Å². The molecule has 1 unspecified atom stereocenters. The van der Waals surface area contributed by atoms with E-state index >= 15 is 0 Å². The van der Waals surface area contributed by atoms with E-state index in [0.717, 1.165) is 10.9 Å². The predicted octanol–water partition coefficient (Wildman–Crippen LogP) is 5.58. The second-order valence-electron chi connectivity index (χ2n) is 11.1. The minimum atomic E-state index is -0.382. The molecule has 1 aliphatic heterocycles. The molecule has 0 bridgehead atoms. The molecule has 2 heterocycles. The number of hydrogen-bond donors (Lipinski definition) is 0. The molecule has 6 heteroatoms. The number of aromatic nitrogens is 1. The first-order valence-corrected chi connectivity index (χ1v) is 13.6. The molecule has 0 amide bonds. The molecule has 1 aromatic heterocycles. The molecule has 5 nitrogen and oxygen atoms in total. The molecule has 0 fully saturated rings. The monoisotopic (exact) mass is 531 g/mol. The van der Waals surface area contributed by atoms with Crippen molar-refractivity contribution in [2.45, 2.75) is 12.3 Å². The summed E-state index contributed by atoms with van der Waals surface area (Å²) in [4.78, 5) is 0. The van der Waals surface area contributed by atoms with E-state index < -0.39 is 0 Å². The standard InChI is InChI=1S/C36H18BN5/c1-36-29-9-3-2-7-25(29)26-8-6-12-32(33(26)36)37(31-11-5-4-10-30(31)36)42-34-23(19-40)13-21(17-38)15-27(34)28-16-22(18-39)14-24(20-41)35(28)42/h2-16H,1H3. The molecule has 8 rings (SSSR count). The Morgan fingerprint density at radius 3 is 1.76 bits per heavy atom. The lowest BCUT2D eigenvalue weighted by Crippen LogP contribution is -2.58. The average molecular weight is 531 g/mol. The number of fused-ring (bicyclic) bond motifs is 8. The zero-order valence-corrected chi connectivity index (χ0v) is 22.5. The van der Waals surface area contributed by atoms with E-state index in [1.54, 1.807) is 24.3 Å². The first-order valence-electron chi connectivity index (χ1n) is 13.6. The highest BCUT2D eigenvalue weighted by Crippen LogP contribution is 2.53. The number of benzene rings is 5. The van der Waals surface area contributed by atoms with Crippen molar-refractivity contribution in [2.75, 3.05) is 0 Å². The van der Waals surface area contributed by atoms with Gasteiger partial charge in [0.2, 0.25) is 0 Å². The van der Waals surface area contributed by atoms with Gasteiger partial charge in [-0.3, -0.25) is 0 Å². The van der Waals surface area contributed by atoms with Gasteiger partial charge in [0, 0.05) is 16.2 Å². The second kappa shape index (κ2) is 8.22. The highest BCUT2D eigenvalue weighted by Gasteiger charge is 2.50. The Bertz CT molecular complexity index is 2300. The van der Waals surface area contributed by atoms with Crippen LogP contribution in [0, 0.1) is 45.3 Å². The summed E-state index contributed by atoms with van der Waals surface area (Å²) >= 11 is 0. The van der Waals surface area contributed by atoms with E-state index in [1.165, 1.54) is 27.8 Å². The third kappa shape index (κ3) is 2.74. The maximum Gasteiger partial charge on any atom is 0.328 e. The minimum absolute atomic E-state index is 0.351. The van der Waals surface area contributed by atoms with E-state index in [-0.39, 0.29) is 12.3 Å². The summed E-state index contributed by atoms with van der Waals surface area (Å²) in [7, 11) is 0. The first kappa shape index (κ1) is 23.8. The van der Waals surface area contributed by atoms with Crippen LogP contribution in [0.2, 0.25) is 0 Å². The van der Waals surface area contributed by atoms with Crippen LogP contribution in [0.3, 0.4) is 0 Å². The SMILES string of the molecule is CC12c3ccccc3B(n3c4c(C#N)cc(C#N)cc4c4cc(C#N)cc(C#N)c43)c3cccc(c31)-c1ccccc12. The molecule has 0 spiro atoms. The Kier molecular flexibility index (Phi) is 4.65. The smallest absolute Gasteiger partial charge is 0.328 e. The Morgan fingerprint density at radius 2 is 1.14 bits per heavy atom. The van der Waals surface area contributed by atoms with Gasteiger partial charge < -0.3 is 4.48 Å². The van der Waals surface area contributed by atoms with Gasteiger partial charge in [0.25, 0.3) is 0 Å². The van der Waals surface area contributed by atoms with Crippen molar-refractivity contribution in [3.63, 3.8) is 0 Å². The summed E-state index contributed by atoms with van der Waals surface area (Å²) in [5.74, 6) is 0. The topological polar surface area (TPSA) is 100 Å². The van der Waals surface area contributed by atoms with Crippen LogP contribution in [0.15, 0.2) is 91.0 Å². The largest absolute Gasteiger partial charge is 0.374 e. The summed E-state index contributed by atoms with van der Waals surface area (Å²) in [5.41, 5.74) is 10.6. The Morgan fingerprint density at radius 1 is 0.595 bits per heavy atom. The average Bonchev–Trinajstić information content (AvgIpc) is 3.51. The zero-order valence-electron chi connectivity index (χ0n) is 22.5. The van der Waals surface area contributed by atoms with Crippen molar-refractivity contribution in [1.82, 2.24) is 4.48 Å². The maximum absolute atomic E-state index is 10.4. The van der Waals surface area contributed by atoms with Crippen molar-refractivity contribution >= 4 is 39.6 Å². The third-order valence-electron chi connectivity index (χ3n) is 9.19. The lowest BCUT2D eigenvalue weighted by Gasteiger charge is -2.39. The van der Waals surface area contributed by atoms with Crippen molar-refractivity contribution in [1.29, 1.82) is 21.0 Å². The van der Waals surface area contributed by atoms with Gasteiger partial charge in [-0.2, -0.15) is 21.0 Å². The van der Waals surface area contributed by atoms with E-state index in [0.29, 0.717) is 44.1 Å². The van der Waals surface area contributed by atoms with Crippen molar-refractivity contribution in [2.24, 2.45) is 0 Å². The number of rotatable bonds is 1. The van der Waals surface area contributed by atoms with Crippen molar-refractivity contribution in [3.8, 4) is 35.4 Å². The molecule has 1 aliphatic carbocycles. The van der Waals surface area contributed by atoms with Gasteiger partial charge in [0.15, 0.2) is 0 Å². The first-order chi connectivity index (χ1) is 20.5. The van der Waals surface area contributed by atoms with Gasteiger partial charge in [-0.05, 0) is 69.9 Å². The summed E-state index contributed by atoms with van der Waals surface area (Å²) < 4.78 is 2.11. The summed E-state index contributed by atoms with van der Waals surface area (Å²) in [6, 6.07) is 39.2. The number of hydrogen-bond acceptors (Lipinski definition) is 4. The minimum Gasteiger partial charge on any atom is -0.374 e. The van der Waals surface area contributed by atoms with E-state index in [9.17, 15) is 21.0 Å². The predicted molar refractivity (Wildman–Crippen MR) is 163 cm³/mol. The van der Waals surface area contributed by atoms with E-state index in [4.69, 9.17) is 0 Å². The Labute approximate surface area is 242 Å². The molecule has 1 atom stereocenters. The van der Waals surface area contributed by atoms with Gasteiger partial charge in [-0.25, -0.2) is 0 Å². The van der Waals surface area contributed by atoms with E-state index in [1.807, 2.05) is 6.07 Å². The Balaban J connectivity index is 1.61.